The van der Waals surface area contributed by atoms with E-state index < -0.39 is 11.9 Å². The first kappa shape index (κ1) is 11.5. The second-order valence-electron chi connectivity index (χ2n) is 4.77. The number of hydrogen-bond donors (Lipinski definition) is 1. The Hall–Kier alpha value is -1.00. The fourth-order valence-corrected chi connectivity index (χ4v) is 2.34. The van der Waals surface area contributed by atoms with Gasteiger partial charge in [-0.3, -0.25) is 5.10 Å². The number of halogens is 3. The van der Waals surface area contributed by atoms with Crippen molar-refractivity contribution in [3.05, 3.63) is 17.0 Å². The smallest absolute Gasteiger partial charge is 0.282 e. The van der Waals surface area contributed by atoms with E-state index in [1.54, 1.807) is 0 Å². The molecule has 0 aliphatic heterocycles. The summed E-state index contributed by atoms with van der Waals surface area (Å²) in [6, 6.07) is 0. The molecule has 0 aromatic carbocycles. The quantitative estimate of drug-likeness (QED) is 0.791. The fourth-order valence-electron chi connectivity index (χ4n) is 2.34. The zero-order chi connectivity index (χ0) is 11.9. The normalized spacial score (nSPS) is 21.2. The van der Waals surface area contributed by atoms with Crippen LogP contribution in [0, 0.1) is 11.8 Å². The second-order valence-corrected chi connectivity index (χ2v) is 4.77. The molecular weight excluding hydrogens is 217 g/mol. The Kier molecular flexibility index (Phi) is 2.72. The average Bonchev–Trinajstić information content (AvgIpc) is 2.58. The molecule has 1 atom stereocenters. The van der Waals surface area contributed by atoms with Gasteiger partial charge in [0.15, 0.2) is 5.69 Å². The molecule has 16 heavy (non-hydrogen) atoms. The van der Waals surface area contributed by atoms with E-state index in [4.69, 9.17) is 0 Å². The van der Waals surface area contributed by atoms with Crippen molar-refractivity contribution in [1.29, 1.82) is 0 Å². The number of nitrogens with one attached hydrogen (secondary N) is 1. The number of aromatic nitrogens is 2. The summed E-state index contributed by atoms with van der Waals surface area (Å²) in [6.45, 7) is 4.22. The van der Waals surface area contributed by atoms with Crippen LogP contribution in [0.3, 0.4) is 0 Å². The van der Waals surface area contributed by atoms with Crippen LogP contribution in [0.25, 0.3) is 0 Å². The van der Waals surface area contributed by atoms with Crippen LogP contribution in [0.15, 0.2) is 0 Å². The molecule has 0 saturated heterocycles. The number of alkyl halides is 3. The van der Waals surface area contributed by atoms with E-state index in [9.17, 15) is 13.2 Å². The number of hydrogen-bond acceptors (Lipinski definition) is 1. The minimum absolute atomic E-state index is 0.379. The van der Waals surface area contributed by atoms with Crippen LogP contribution in [0.2, 0.25) is 0 Å². The molecule has 0 fully saturated rings. The molecule has 2 rings (SSSR count). The van der Waals surface area contributed by atoms with Gasteiger partial charge in [-0.1, -0.05) is 13.8 Å². The minimum Gasteiger partial charge on any atom is -0.282 e. The van der Waals surface area contributed by atoms with Crippen LogP contribution in [0.4, 0.5) is 13.2 Å². The standard InChI is InChI=1S/C11H15F3N2/c1-6(2)7-3-4-8-9(5-7)15-16-10(8)11(12,13)14/h6-7H,3-5H2,1-2H3,(H,15,16). The van der Waals surface area contributed by atoms with Crippen LogP contribution in [0.5, 0.6) is 0 Å². The molecule has 5 heteroatoms. The van der Waals surface area contributed by atoms with Gasteiger partial charge in [-0.2, -0.15) is 18.3 Å². The lowest BCUT2D eigenvalue weighted by Crippen LogP contribution is -2.20. The van der Waals surface area contributed by atoms with E-state index in [1.807, 2.05) is 0 Å². The van der Waals surface area contributed by atoms with Gasteiger partial charge >= 0.3 is 6.18 Å². The molecule has 1 aliphatic carbocycles. The molecule has 1 heterocycles. The van der Waals surface area contributed by atoms with Gasteiger partial charge in [0, 0.05) is 11.3 Å². The van der Waals surface area contributed by atoms with E-state index >= 15 is 0 Å². The number of rotatable bonds is 1. The van der Waals surface area contributed by atoms with E-state index in [1.165, 1.54) is 0 Å². The summed E-state index contributed by atoms with van der Waals surface area (Å²) >= 11 is 0. The lowest BCUT2D eigenvalue weighted by atomic mass is 9.80. The Labute approximate surface area is 92.2 Å². The van der Waals surface area contributed by atoms with Crippen molar-refractivity contribution < 1.29 is 13.2 Å². The van der Waals surface area contributed by atoms with Gasteiger partial charge in [0.25, 0.3) is 0 Å². The highest BCUT2D eigenvalue weighted by molar-refractivity contribution is 5.30. The van der Waals surface area contributed by atoms with Crippen molar-refractivity contribution >= 4 is 0 Å². The Morgan fingerprint density at radius 2 is 2.06 bits per heavy atom. The van der Waals surface area contributed by atoms with Gasteiger partial charge in [-0.15, -0.1) is 0 Å². The van der Waals surface area contributed by atoms with Crippen molar-refractivity contribution in [2.24, 2.45) is 11.8 Å². The van der Waals surface area contributed by atoms with Crippen LogP contribution in [-0.2, 0) is 19.0 Å². The third-order valence-electron chi connectivity index (χ3n) is 3.40. The number of nitrogens with zero attached hydrogens (tertiary/aromatic N) is 1. The highest BCUT2D eigenvalue weighted by atomic mass is 19.4. The zero-order valence-electron chi connectivity index (χ0n) is 9.36. The molecule has 1 aromatic heterocycles. The summed E-state index contributed by atoms with van der Waals surface area (Å²) in [5.74, 6) is 0.972. The highest BCUT2D eigenvalue weighted by Gasteiger charge is 2.39. The van der Waals surface area contributed by atoms with Crippen LogP contribution < -0.4 is 0 Å². The molecule has 2 nitrogen and oxygen atoms in total. The highest BCUT2D eigenvalue weighted by Crippen LogP contribution is 2.37. The predicted molar refractivity (Wildman–Crippen MR) is 53.9 cm³/mol. The molecule has 0 spiro atoms. The summed E-state index contributed by atoms with van der Waals surface area (Å²) in [5.41, 5.74) is 0.339. The Morgan fingerprint density at radius 3 is 2.62 bits per heavy atom. The molecular formula is C11H15F3N2. The Morgan fingerprint density at radius 1 is 1.38 bits per heavy atom. The Balaban J connectivity index is 2.27. The van der Waals surface area contributed by atoms with Gasteiger partial charge in [0.2, 0.25) is 0 Å². The zero-order valence-corrected chi connectivity index (χ0v) is 9.36. The molecule has 0 saturated carbocycles. The van der Waals surface area contributed by atoms with Crippen molar-refractivity contribution in [2.75, 3.05) is 0 Å². The lowest BCUT2D eigenvalue weighted by molar-refractivity contribution is -0.141. The number of aromatic amines is 1. The third kappa shape index (κ3) is 1.95. The van der Waals surface area contributed by atoms with E-state index in [-0.39, 0.29) is 0 Å². The molecule has 1 unspecified atom stereocenters. The summed E-state index contributed by atoms with van der Waals surface area (Å²) in [6.07, 6.45) is -2.32. The van der Waals surface area contributed by atoms with Crippen molar-refractivity contribution in [3.8, 4) is 0 Å². The minimum atomic E-state index is -4.32. The van der Waals surface area contributed by atoms with Gasteiger partial charge < -0.3 is 0 Å². The average molecular weight is 232 g/mol. The predicted octanol–water partition coefficient (Wildman–Crippen LogP) is 3.19. The summed E-state index contributed by atoms with van der Waals surface area (Å²) < 4.78 is 37.7. The molecule has 1 N–H and O–H groups in total. The maximum Gasteiger partial charge on any atom is 0.435 e. The first-order chi connectivity index (χ1) is 7.39. The lowest BCUT2D eigenvalue weighted by Gasteiger charge is -2.25. The summed E-state index contributed by atoms with van der Waals surface area (Å²) in [5, 5.41) is 5.96. The fraction of sp³-hybridized carbons (Fsp3) is 0.727. The molecule has 1 aromatic rings. The van der Waals surface area contributed by atoms with Crippen LogP contribution in [0.1, 0.15) is 37.2 Å². The summed E-state index contributed by atoms with van der Waals surface area (Å²) in [4.78, 5) is 0. The first-order valence-electron chi connectivity index (χ1n) is 5.53. The van der Waals surface area contributed by atoms with E-state index in [2.05, 4.69) is 24.0 Å². The van der Waals surface area contributed by atoms with Crippen molar-refractivity contribution in [2.45, 2.75) is 39.3 Å². The first-order valence-corrected chi connectivity index (χ1v) is 5.53. The monoisotopic (exact) mass is 232 g/mol. The van der Waals surface area contributed by atoms with Crippen molar-refractivity contribution in [1.82, 2.24) is 10.2 Å². The Bertz CT molecular complexity index is 379. The SMILES string of the molecule is CC(C)C1CCc2c(C(F)(F)F)n[nH]c2C1. The largest absolute Gasteiger partial charge is 0.435 e. The van der Waals surface area contributed by atoms with Crippen LogP contribution >= 0.6 is 0 Å². The van der Waals surface area contributed by atoms with Gasteiger partial charge in [-0.25, -0.2) is 0 Å². The van der Waals surface area contributed by atoms with Crippen LogP contribution in [-0.4, -0.2) is 10.2 Å². The van der Waals surface area contributed by atoms with Crippen molar-refractivity contribution in [3.63, 3.8) is 0 Å². The van der Waals surface area contributed by atoms with E-state index in [0.717, 1.165) is 6.42 Å². The van der Waals surface area contributed by atoms with Gasteiger partial charge in [-0.05, 0) is 31.1 Å². The maximum atomic E-state index is 12.6. The number of fused-ring (bicyclic) bond motifs is 1. The second kappa shape index (κ2) is 3.79. The molecule has 0 radical (unpaired) electrons. The number of H-pyrrole nitrogens is 1. The molecule has 0 amide bonds. The third-order valence-corrected chi connectivity index (χ3v) is 3.40. The van der Waals surface area contributed by atoms with Gasteiger partial charge in [0.1, 0.15) is 0 Å². The molecule has 90 valence electrons. The summed E-state index contributed by atoms with van der Waals surface area (Å²) in [7, 11) is 0. The van der Waals surface area contributed by atoms with Gasteiger partial charge in [0.05, 0.1) is 0 Å². The molecule has 0 bridgehead atoms. The topological polar surface area (TPSA) is 28.7 Å². The molecule has 1 aliphatic rings. The maximum absolute atomic E-state index is 12.6. The van der Waals surface area contributed by atoms with E-state index in [0.29, 0.717) is 35.9 Å².